The van der Waals surface area contributed by atoms with Crippen molar-refractivity contribution >= 4 is 23.2 Å². The van der Waals surface area contributed by atoms with E-state index in [2.05, 4.69) is 10.1 Å². The Labute approximate surface area is 97.6 Å². The van der Waals surface area contributed by atoms with Gasteiger partial charge in [-0.25, -0.2) is 0 Å². The first-order chi connectivity index (χ1) is 7.54. The first-order valence-electron chi connectivity index (χ1n) is 4.73. The molecule has 1 rings (SSSR count). The molecule has 0 saturated carbocycles. The molecule has 1 atom stereocenters. The number of methoxy groups -OCH3 is 1. The molecule has 0 aliphatic rings. The Morgan fingerprint density at radius 1 is 1.62 bits per heavy atom. The lowest BCUT2D eigenvalue weighted by Crippen LogP contribution is -2.34. The second kappa shape index (κ2) is 5.62. The number of nitrogens with two attached hydrogens (primary N) is 1. The molecule has 0 radical (unpaired) electrons. The normalized spacial score (nSPS) is 12.1. The van der Waals surface area contributed by atoms with Gasteiger partial charge in [-0.05, 0) is 13.0 Å². The smallest absolute Gasteiger partial charge is 0.322 e. The maximum Gasteiger partial charge on any atom is 0.322 e. The molecule has 88 valence electrons. The molecule has 0 bridgehead atoms. The molecule has 0 fully saturated rings. The van der Waals surface area contributed by atoms with Crippen molar-refractivity contribution in [2.45, 2.75) is 19.5 Å². The van der Waals surface area contributed by atoms with Gasteiger partial charge in [-0.3, -0.25) is 14.9 Å². The molecule has 1 unspecified atom stereocenters. The van der Waals surface area contributed by atoms with Crippen molar-refractivity contribution in [2.75, 3.05) is 7.11 Å². The van der Waals surface area contributed by atoms with E-state index in [4.69, 9.17) is 5.73 Å². The number of amides is 1. The number of ether oxygens (including phenoxy) is 1. The number of thiophene rings is 1. The Morgan fingerprint density at radius 2 is 2.31 bits per heavy atom. The highest BCUT2D eigenvalue weighted by Gasteiger charge is 2.12. The summed E-state index contributed by atoms with van der Waals surface area (Å²) in [4.78, 5) is 22.9. The van der Waals surface area contributed by atoms with Gasteiger partial charge < -0.3 is 10.5 Å². The largest absolute Gasteiger partial charge is 0.468 e. The van der Waals surface area contributed by atoms with Crippen LogP contribution in [0.1, 0.15) is 22.2 Å². The summed E-state index contributed by atoms with van der Waals surface area (Å²) in [5, 5.41) is 4.68. The van der Waals surface area contributed by atoms with E-state index in [1.807, 2.05) is 0 Å². The number of hydrogen-bond acceptors (Lipinski definition) is 5. The van der Waals surface area contributed by atoms with E-state index < -0.39 is 5.91 Å². The lowest BCUT2D eigenvalue weighted by Gasteiger charge is -2.09. The van der Waals surface area contributed by atoms with Crippen molar-refractivity contribution in [3.8, 4) is 0 Å². The van der Waals surface area contributed by atoms with Gasteiger partial charge in [0.25, 0.3) is 0 Å². The summed E-state index contributed by atoms with van der Waals surface area (Å²) in [6.07, 6.45) is 0. The molecule has 3 N–H and O–H groups in total. The van der Waals surface area contributed by atoms with Gasteiger partial charge in [0.15, 0.2) is 0 Å². The van der Waals surface area contributed by atoms with Crippen LogP contribution in [0.5, 0.6) is 0 Å². The van der Waals surface area contributed by atoms with E-state index in [9.17, 15) is 9.59 Å². The molecule has 1 aromatic heterocycles. The number of nitrogens with one attached hydrogen (secondary N) is 1. The zero-order valence-electron chi connectivity index (χ0n) is 9.15. The van der Waals surface area contributed by atoms with Crippen LogP contribution >= 0.6 is 11.3 Å². The number of primary amides is 1. The van der Waals surface area contributed by atoms with Gasteiger partial charge in [-0.15, -0.1) is 11.3 Å². The Bertz CT molecular complexity index is 389. The van der Waals surface area contributed by atoms with E-state index in [0.717, 1.165) is 4.88 Å². The van der Waals surface area contributed by atoms with Gasteiger partial charge in [0, 0.05) is 16.8 Å². The zero-order valence-corrected chi connectivity index (χ0v) is 9.97. The maximum absolute atomic E-state index is 11.1. The third-order valence-corrected chi connectivity index (χ3v) is 3.01. The van der Waals surface area contributed by atoms with Gasteiger partial charge in [-0.2, -0.15) is 0 Å². The van der Waals surface area contributed by atoms with Crippen LogP contribution in [0.3, 0.4) is 0 Å². The Hall–Kier alpha value is -1.40. The highest BCUT2D eigenvalue weighted by molar-refractivity contribution is 7.10. The van der Waals surface area contributed by atoms with Crippen molar-refractivity contribution in [1.82, 2.24) is 5.32 Å². The summed E-state index contributed by atoms with van der Waals surface area (Å²) in [6.45, 7) is 2.22. The molecule has 0 aliphatic carbocycles. The van der Waals surface area contributed by atoms with Crippen molar-refractivity contribution in [3.63, 3.8) is 0 Å². The van der Waals surface area contributed by atoms with Crippen LogP contribution in [0.4, 0.5) is 0 Å². The Kier molecular flexibility index (Phi) is 4.45. The molecule has 1 aromatic rings. The van der Waals surface area contributed by atoms with Crippen LogP contribution in [-0.4, -0.2) is 25.0 Å². The molecule has 0 saturated heterocycles. The van der Waals surface area contributed by atoms with Gasteiger partial charge in [0.1, 0.15) is 6.04 Å². The summed E-state index contributed by atoms with van der Waals surface area (Å²) in [5.74, 6) is -0.754. The van der Waals surface area contributed by atoms with E-state index >= 15 is 0 Å². The SMILES string of the molecule is COC(=O)C(C)NCc1cc(C(N)=O)cs1. The molecule has 0 aromatic carbocycles. The third-order valence-electron chi connectivity index (χ3n) is 2.08. The van der Waals surface area contributed by atoms with E-state index in [1.165, 1.54) is 18.4 Å². The van der Waals surface area contributed by atoms with Crippen LogP contribution in [0, 0.1) is 0 Å². The van der Waals surface area contributed by atoms with Gasteiger partial charge in [0.2, 0.25) is 5.91 Å². The van der Waals surface area contributed by atoms with Gasteiger partial charge >= 0.3 is 5.97 Å². The second-order valence-electron chi connectivity index (χ2n) is 3.29. The quantitative estimate of drug-likeness (QED) is 0.737. The number of carbonyl (C=O) groups is 2. The van der Waals surface area contributed by atoms with Crippen molar-refractivity contribution in [1.29, 1.82) is 0 Å². The van der Waals surface area contributed by atoms with Crippen LogP contribution in [0.2, 0.25) is 0 Å². The van der Waals surface area contributed by atoms with Crippen molar-refractivity contribution in [2.24, 2.45) is 5.73 Å². The van der Waals surface area contributed by atoms with E-state index in [0.29, 0.717) is 12.1 Å². The summed E-state index contributed by atoms with van der Waals surface area (Å²) >= 11 is 1.42. The highest BCUT2D eigenvalue weighted by atomic mass is 32.1. The fourth-order valence-corrected chi connectivity index (χ4v) is 1.94. The monoisotopic (exact) mass is 242 g/mol. The fraction of sp³-hybridized carbons (Fsp3) is 0.400. The van der Waals surface area contributed by atoms with Crippen LogP contribution < -0.4 is 11.1 Å². The molecular weight excluding hydrogens is 228 g/mol. The standard InChI is InChI=1S/C10H14N2O3S/c1-6(10(14)15-2)12-4-8-3-7(5-16-8)9(11)13/h3,5-6,12H,4H2,1-2H3,(H2,11,13). The predicted molar refractivity (Wildman–Crippen MR) is 61.2 cm³/mol. The van der Waals surface area contributed by atoms with Crippen LogP contribution in [-0.2, 0) is 16.1 Å². The maximum atomic E-state index is 11.1. The third kappa shape index (κ3) is 3.32. The number of hydrogen-bond donors (Lipinski definition) is 2. The van der Waals surface area contributed by atoms with Crippen molar-refractivity contribution in [3.05, 3.63) is 21.9 Å². The second-order valence-corrected chi connectivity index (χ2v) is 4.29. The Morgan fingerprint density at radius 3 is 2.81 bits per heavy atom. The predicted octanol–water partition coefficient (Wildman–Crippen LogP) is 0.498. The molecule has 1 amide bonds. The molecule has 0 aliphatic heterocycles. The number of esters is 1. The van der Waals surface area contributed by atoms with Crippen LogP contribution in [0.25, 0.3) is 0 Å². The zero-order chi connectivity index (χ0) is 12.1. The average Bonchev–Trinajstić information content (AvgIpc) is 2.73. The molecule has 0 spiro atoms. The minimum atomic E-state index is -0.441. The average molecular weight is 242 g/mol. The summed E-state index contributed by atoms with van der Waals surface area (Å²) in [6, 6.07) is 1.34. The molecule has 5 nitrogen and oxygen atoms in total. The Balaban J connectivity index is 2.48. The molecule has 6 heteroatoms. The van der Waals surface area contributed by atoms with Crippen LogP contribution in [0.15, 0.2) is 11.4 Å². The fourth-order valence-electron chi connectivity index (χ4n) is 1.12. The topological polar surface area (TPSA) is 81.4 Å². The molecule has 1 heterocycles. The molecular formula is C10H14N2O3S. The summed E-state index contributed by atoms with van der Waals surface area (Å²) in [5.41, 5.74) is 5.62. The van der Waals surface area contributed by atoms with E-state index in [-0.39, 0.29) is 12.0 Å². The van der Waals surface area contributed by atoms with Gasteiger partial charge in [-0.1, -0.05) is 0 Å². The highest BCUT2D eigenvalue weighted by Crippen LogP contribution is 2.14. The number of rotatable bonds is 5. The first-order valence-corrected chi connectivity index (χ1v) is 5.61. The van der Waals surface area contributed by atoms with Crippen molar-refractivity contribution < 1.29 is 14.3 Å². The minimum Gasteiger partial charge on any atom is -0.468 e. The van der Waals surface area contributed by atoms with Gasteiger partial charge in [0.05, 0.1) is 12.7 Å². The van der Waals surface area contributed by atoms with E-state index in [1.54, 1.807) is 18.4 Å². The lowest BCUT2D eigenvalue weighted by molar-refractivity contribution is -0.142. The number of carbonyl (C=O) groups excluding carboxylic acids is 2. The molecule has 16 heavy (non-hydrogen) atoms. The lowest BCUT2D eigenvalue weighted by atomic mass is 10.3. The summed E-state index contributed by atoms with van der Waals surface area (Å²) < 4.78 is 4.57. The minimum absolute atomic E-state index is 0.313. The first kappa shape index (κ1) is 12.7. The summed E-state index contributed by atoms with van der Waals surface area (Å²) in [7, 11) is 1.34.